The average molecular weight is 279 g/mol. The van der Waals surface area contributed by atoms with E-state index in [0.717, 1.165) is 24.4 Å². The summed E-state index contributed by atoms with van der Waals surface area (Å²) in [6.07, 6.45) is -0.0275. The molecule has 1 aliphatic rings. The lowest BCUT2D eigenvalue weighted by molar-refractivity contribution is -0.0786. The van der Waals surface area contributed by atoms with E-state index in [1.54, 1.807) is 0 Å². The molecule has 1 fully saturated rings. The van der Waals surface area contributed by atoms with Gasteiger partial charge in [-0.3, -0.25) is 4.90 Å². The zero-order valence-corrected chi connectivity index (χ0v) is 12.6. The van der Waals surface area contributed by atoms with Crippen molar-refractivity contribution in [3.05, 3.63) is 29.8 Å². The summed E-state index contributed by atoms with van der Waals surface area (Å²) in [5.41, 5.74) is 1.16. The molecule has 1 aromatic carbocycles. The van der Waals surface area contributed by atoms with Gasteiger partial charge in [0.1, 0.15) is 18.5 Å². The Balaban J connectivity index is 1.76. The number of rotatable bonds is 5. The van der Waals surface area contributed by atoms with Gasteiger partial charge >= 0.3 is 0 Å². The molecule has 1 N–H and O–H groups in total. The molecule has 2 rings (SSSR count). The maximum Gasteiger partial charge on any atom is 0.119 e. The molecular weight excluding hydrogens is 254 g/mol. The Morgan fingerprint density at radius 3 is 2.70 bits per heavy atom. The summed E-state index contributed by atoms with van der Waals surface area (Å²) in [6.45, 7) is 8.85. The van der Waals surface area contributed by atoms with Crippen molar-refractivity contribution in [2.45, 2.75) is 39.1 Å². The van der Waals surface area contributed by atoms with Crippen LogP contribution in [0.2, 0.25) is 0 Å². The highest BCUT2D eigenvalue weighted by molar-refractivity contribution is 5.27. The summed E-state index contributed by atoms with van der Waals surface area (Å²) in [5.74, 6) is 0.813. The predicted molar refractivity (Wildman–Crippen MR) is 79.1 cm³/mol. The van der Waals surface area contributed by atoms with Gasteiger partial charge in [0.05, 0.1) is 12.2 Å². The molecule has 1 aromatic rings. The van der Waals surface area contributed by atoms with Crippen LogP contribution in [0.4, 0.5) is 0 Å². The molecule has 1 heterocycles. The van der Waals surface area contributed by atoms with Crippen LogP contribution in [0.3, 0.4) is 0 Å². The largest absolute Gasteiger partial charge is 0.491 e. The number of β-amino-alcohol motifs (C(OH)–C–C–N with tert-alkyl or cyclic N) is 1. The third kappa shape index (κ3) is 4.78. The summed E-state index contributed by atoms with van der Waals surface area (Å²) < 4.78 is 11.3. The standard InChI is InChI=1S/C16H25NO3/c1-12-5-4-6-16(7-12)19-11-15(18)10-17-8-13(2)20-14(3)9-17/h4-7,13-15,18H,8-11H2,1-3H3. The third-order valence-corrected chi connectivity index (χ3v) is 3.40. The maximum atomic E-state index is 10.1. The van der Waals surface area contributed by atoms with Gasteiger partial charge in [-0.05, 0) is 38.5 Å². The molecular formula is C16H25NO3. The molecule has 3 unspecified atom stereocenters. The second kappa shape index (κ2) is 7.07. The Morgan fingerprint density at radius 2 is 2.05 bits per heavy atom. The highest BCUT2D eigenvalue weighted by Crippen LogP contribution is 2.14. The second-order valence-corrected chi connectivity index (χ2v) is 5.76. The molecule has 112 valence electrons. The number of aryl methyl sites for hydroxylation is 1. The van der Waals surface area contributed by atoms with Gasteiger partial charge in [0.25, 0.3) is 0 Å². The van der Waals surface area contributed by atoms with Crippen molar-refractivity contribution in [3.8, 4) is 5.75 Å². The fourth-order valence-corrected chi connectivity index (χ4v) is 2.68. The lowest BCUT2D eigenvalue weighted by Gasteiger charge is -2.36. The van der Waals surface area contributed by atoms with Gasteiger partial charge < -0.3 is 14.6 Å². The van der Waals surface area contributed by atoms with Crippen molar-refractivity contribution in [1.29, 1.82) is 0 Å². The van der Waals surface area contributed by atoms with E-state index in [0.29, 0.717) is 13.2 Å². The fraction of sp³-hybridized carbons (Fsp3) is 0.625. The van der Waals surface area contributed by atoms with E-state index in [2.05, 4.69) is 18.7 Å². The minimum absolute atomic E-state index is 0.226. The Kier molecular flexibility index (Phi) is 5.40. The Morgan fingerprint density at radius 1 is 1.35 bits per heavy atom. The quantitative estimate of drug-likeness (QED) is 0.893. The van der Waals surface area contributed by atoms with Crippen LogP contribution in [-0.2, 0) is 4.74 Å². The lowest BCUT2D eigenvalue weighted by Crippen LogP contribution is -2.48. The average Bonchev–Trinajstić information content (AvgIpc) is 2.35. The molecule has 0 aromatic heterocycles. The van der Waals surface area contributed by atoms with E-state index in [1.807, 2.05) is 31.2 Å². The van der Waals surface area contributed by atoms with Crippen LogP contribution < -0.4 is 4.74 Å². The highest BCUT2D eigenvalue weighted by Gasteiger charge is 2.23. The number of hydrogen-bond donors (Lipinski definition) is 1. The van der Waals surface area contributed by atoms with Crippen LogP contribution >= 0.6 is 0 Å². The molecule has 1 saturated heterocycles. The Labute approximate surface area is 121 Å². The third-order valence-electron chi connectivity index (χ3n) is 3.40. The summed E-state index contributed by atoms with van der Waals surface area (Å²) >= 11 is 0. The van der Waals surface area contributed by atoms with E-state index in [4.69, 9.17) is 9.47 Å². The van der Waals surface area contributed by atoms with Crippen molar-refractivity contribution in [2.75, 3.05) is 26.2 Å². The molecule has 0 radical (unpaired) electrons. The molecule has 0 spiro atoms. The smallest absolute Gasteiger partial charge is 0.119 e. The molecule has 0 bridgehead atoms. The molecule has 3 atom stereocenters. The second-order valence-electron chi connectivity index (χ2n) is 5.76. The van der Waals surface area contributed by atoms with Crippen LogP contribution in [0.25, 0.3) is 0 Å². The molecule has 0 amide bonds. The fourth-order valence-electron chi connectivity index (χ4n) is 2.68. The topological polar surface area (TPSA) is 41.9 Å². The zero-order valence-electron chi connectivity index (χ0n) is 12.6. The van der Waals surface area contributed by atoms with E-state index < -0.39 is 6.10 Å². The first-order valence-corrected chi connectivity index (χ1v) is 7.28. The number of benzene rings is 1. The maximum absolute atomic E-state index is 10.1. The molecule has 0 aliphatic carbocycles. The molecule has 4 heteroatoms. The first-order chi connectivity index (χ1) is 9.52. The zero-order chi connectivity index (χ0) is 14.5. The number of nitrogens with zero attached hydrogens (tertiary/aromatic N) is 1. The normalized spacial score (nSPS) is 25.4. The SMILES string of the molecule is Cc1cccc(OCC(O)CN2CC(C)OC(C)C2)c1. The highest BCUT2D eigenvalue weighted by atomic mass is 16.5. The molecule has 4 nitrogen and oxygen atoms in total. The van der Waals surface area contributed by atoms with Crippen molar-refractivity contribution in [2.24, 2.45) is 0 Å². The van der Waals surface area contributed by atoms with E-state index in [9.17, 15) is 5.11 Å². The first kappa shape index (κ1) is 15.3. The summed E-state index contributed by atoms with van der Waals surface area (Å²) in [6, 6.07) is 7.88. The van der Waals surface area contributed by atoms with Crippen molar-refractivity contribution < 1.29 is 14.6 Å². The number of ether oxygens (including phenoxy) is 2. The Hall–Kier alpha value is -1.10. The van der Waals surface area contributed by atoms with Crippen LogP contribution in [0.15, 0.2) is 24.3 Å². The van der Waals surface area contributed by atoms with Gasteiger partial charge in [0.15, 0.2) is 0 Å². The van der Waals surface area contributed by atoms with Gasteiger partial charge in [-0.25, -0.2) is 0 Å². The first-order valence-electron chi connectivity index (χ1n) is 7.28. The number of morpholine rings is 1. The van der Waals surface area contributed by atoms with Gasteiger partial charge in [0.2, 0.25) is 0 Å². The molecule has 1 aliphatic heterocycles. The predicted octanol–water partition coefficient (Wildman–Crippen LogP) is 1.84. The minimum atomic E-state index is -0.479. The molecule has 20 heavy (non-hydrogen) atoms. The van der Waals surface area contributed by atoms with Crippen LogP contribution in [0, 0.1) is 6.92 Å². The van der Waals surface area contributed by atoms with Crippen LogP contribution in [0.5, 0.6) is 5.75 Å². The van der Waals surface area contributed by atoms with Gasteiger partial charge in [-0.15, -0.1) is 0 Å². The van der Waals surface area contributed by atoms with Crippen LogP contribution in [-0.4, -0.2) is 54.6 Å². The monoisotopic (exact) mass is 279 g/mol. The van der Waals surface area contributed by atoms with E-state index >= 15 is 0 Å². The Bertz CT molecular complexity index is 414. The lowest BCUT2D eigenvalue weighted by atomic mass is 10.2. The van der Waals surface area contributed by atoms with Crippen molar-refractivity contribution >= 4 is 0 Å². The molecule has 0 saturated carbocycles. The van der Waals surface area contributed by atoms with Crippen molar-refractivity contribution in [1.82, 2.24) is 4.90 Å². The summed E-state index contributed by atoms with van der Waals surface area (Å²) in [4.78, 5) is 2.24. The van der Waals surface area contributed by atoms with E-state index in [-0.39, 0.29) is 12.2 Å². The van der Waals surface area contributed by atoms with Crippen molar-refractivity contribution in [3.63, 3.8) is 0 Å². The number of hydrogen-bond acceptors (Lipinski definition) is 4. The van der Waals surface area contributed by atoms with Gasteiger partial charge in [-0.2, -0.15) is 0 Å². The van der Waals surface area contributed by atoms with Gasteiger partial charge in [-0.1, -0.05) is 12.1 Å². The van der Waals surface area contributed by atoms with E-state index in [1.165, 1.54) is 0 Å². The minimum Gasteiger partial charge on any atom is -0.491 e. The summed E-state index contributed by atoms with van der Waals surface area (Å²) in [5, 5.41) is 10.1. The van der Waals surface area contributed by atoms with Gasteiger partial charge in [0, 0.05) is 19.6 Å². The summed E-state index contributed by atoms with van der Waals surface area (Å²) in [7, 11) is 0. The number of aliphatic hydroxyl groups excluding tert-OH is 1. The van der Waals surface area contributed by atoms with Crippen LogP contribution in [0.1, 0.15) is 19.4 Å². The number of aliphatic hydroxyl groups is 1.